The molecule has 0 aliphatic carbocycles. The fourth-order valence-corrected chi connectivity index (χ4v) is 4.39. The van der Waals surface area contributed by atoms with Gasteiger partial charge in [0.2, 0.25) is 0 Å². The van der Waals surface area contributed by atoms with Crippen molar-refractivity contribution in [3.05, 3.63) is 59.2 Å². The smallest absolute Gasteiger partial charge is 0.255 e. The Balaban J connectivity index is 1.97. The number of rotatable bonds is 4. The van der Waals surface area contributed by atoms with Gasteiger partial charge in [0, 0.05) is 11.1 Å². The highest BCUT2D eigenvalue weighted by atomic mass is 16.5. The van der Waals surface area contributed by atoms with E-state index in [1.54, 1.807) is 7.11 Å². The summed E-state index contributed by atoms with van der Waals surface area (Å²) in [4.78, 5) is 15.4. The van der Waals surface area contributed by atoms with Crippen molar-refractivity contribution < 1.29 is 14.3 Å². The van der Waals surface area contributed by atoms with Gasteiger partial charge in [0.15, 0.2) is 0 Å². The van der Waals surface area contributed by atoms with Crippen molar-refractivity contribution in [2.24, 2.45) is 0 Å². The zero-order chi connectivity index (χ0) is 20.1. The normalized spacial score (nSPS) is 19.5. The number of nitrogens with one attached hydrogen (secondary N) is 1. The molecular weight excluding hydrogens is 352 g/mol. The number of carbonyl (C=O) groups is 1. The van der Waals surface area contributed by atoms with Crippen molar-refractivity contribution in [3.63, 3.8) is 0 Å². The Labute approximate surface area is 165 Å². The number of carbonyl (C=O) groups excluding carboxylic acids is 1. The summed E-state index contributed by atoms with van der Waals surface area (Å²) in [7, 11) is 1.66. The highest BCUT2D eigenvalue weighted by Gasteiger charge is 2.44. The van der Waals surface area contributed by atoms with Crippen LogP contribution in [0.25, 0.3) is 5.57 Å². The van der Waals surface area contributed by atoms with Gasteiger partial charge in [0.25, 0.3) is 5.91 Å². The van der Waals surface area contributed by atoms with Gasteiger partial charge in [0.1, 0.15) is 17.7 Å². The van der Waals surface area contributed by atoms with Crippen molar-refractivity contribution in [1.29, 1.82) is 0 Å². The fourth-order valence-electron chi connectivity index (χ4n) is 4.39. The zero-order valence-corrected chi connectivity index (χ0v) is 17.0. The van der Waals surface area contributed by atoms with Crippen LogP contribution < -0.4 is 19.7 Å². The molecule has 1 amide bonds. The molecule has 2 aromatic carbocycles. The summed E-state index contributed by atoms with van der Waals surface area (Å²) in [5, 5.41) is 3.19. The molecule has 146 valence electrons. The predicted molar refractivity (Wildman–Crippen MR) is 111 cm³/mol. The van der Waals surface area contributed by atoms with Crippen LogP contribution in [0.4, 0.5) is 5.69 Å². The molecule has 0 saturated carbocycles. The molecular formula is C23H26N2O3. The minimum Gasteiger partial charge on any atom is -0.496 e. The van der Waals surface area contributed by atoms with E-state index >= 15 is 0 Å². The molecule has 1 N–H and O–H groups in total. The van der Waals surface area contributed by atoms with E-state index in [1.165, 1.54) is 0 Å². The third kappa shape index (κ3) is 2.73. The average molecular weight is 378 g/mol. The highest BCUT2D eigenvalue weighted by Crippen LogP contribution is 2.49. The Bertz CT molecular complexity index is 978. The first kappa shape index (κ1) is 18.4. The molecule has 2 aliphatic rings. The summed E-state index contributed by atoms with van der Waals surface area (Å²) >= 11 is 0. The number of anilines is 1. The van der Waals surface area contributed by atoms with Crippen molar-refractivity contribution in [2.45, 2.75) is 39.4 Å². The van der Waals surface area contributed by atoms with Gasteiger partial charge >= 0.3 is 0 Å². The van der Waals surface area contributed by atoms with Gasteiger partial charge in [-0.15, -0.1) is 0 Å². The zero-order valence-electron chi connectivity index (χ0n) is 17.0. The quantitative estimate of drug-likeness (QED) is 0.849. The number of nitrogens with zero attached hydrogens (tertiary/aromatic N) is 1. The lowest BCUT2D eigenvalue weighted by atomic mass is 9.84. The average Bonchev–Trinajstić information content (AvgIpc) is 2.66. The van der Waals surface area contributed by atoms with Crippen LogP contribution in [0.5, 0.6) is 11.5 Å². The van der Waals surface area contributed by atoms with E-state index in [1.807, 2.05) is 43.3 Å². The van der Waals surface area contributed by atoms with Gasteiger partial charge in [-0.2, -0.15) is 0 Å². The molecule has 5 nitrogen and oxygen atoms in total. The van der Waals surface area contributed by atoms with Gasteiger partial charge in [-0.05, 0) is 51.5 Å². The van der Waals surface area contributed by atoms with Crippen molar-refractivity contribution in [1.82, 2.24) is 5.32 Å². The Morgan fingerprint density at radius 3 is 2.61 bits per heavy atom. The SMILES string of the molecule is CCOc1cc2c3c(c1)C(C)=CC(C)(C)N3C(c1ccccc1OC)NC2=O. The second-order valence-corrected chi connectivity index (χ2v) is 7.77. The third-order valence-corrected chi connectivity index (χ3v) is 5.45. The first-order valence-corrected chi connectivity index (χ1v) is 9.61. The molecule has 0 spiro atoms. The Kier molecular flexibility index (Phi) is 4.33. The Morgan fingerprint density at radius 1 is 1.18 bits per heavy atom. The van der Waals surface area contributed by atoms with Crippen LogP contribution in [0.1, 0.15) is 55.3 Å². The summed E-state index contributed by atoms with van der Waals surface area (Å²) in [5.41, 5.74) is 4.42. The second-order valence-electron chi connectivity index (χ2n) is 7.77. The van der Waals surface area contributed by atoms with Gasteiger partial charge in [-0.3, -0.25) is 4.79 Å². The third-order valence-electron chi connectivity index (χ3n) is 5.45. The summed E-state index contributed by atoms with van der Waals surface area (Å²) in [5.74, 6) is 1.37. The van der Waals surface area contributed by atoms with Crippen LogP contribution in [0.15, 0.2) is 42.5 Å². The molecule has 0 fully saturated rings. The maximum Gasteiger partial charge on any atom is 0.255 e. The molecule has 5 heteroatoms. The topological polar surface area (TPSA) is 50.8 Å². The minimum absolute atomic E-state index is 0.101. The standard InChI is InChI=1S/C23H26N2O3/c1-6-28-15-11-17-14(2)13-23(3,4)25-20(17)18(12-15)22(26)24-21(25)16-9-7-8-10-19(16)27-5/h7-13,21H,6H2,1-5H3,(H,24,26). The monoisotopic (exact) mass is 378 g/mol. The molecule has 2 heterocycles. The van der Waals surface area contributed by atoms with E-state index in [0.717, 1.165) is 33.9 Å². The fraction of sp³-hybridized carbons (Fsp3) is 0.348. The molecule has 4 rings (SSSR count). The van der Waals surface area contributed by atoms with E-state index in [2.05, 4.69) is 37.1 Å². The molecule has 1 unspecified atom stereocenters. The minimum atomic E-state index is -0.327. The molecule has 1 atom stereocenters. The molecule has 0 aromatic heterocycles. The van der Waals surface area contributed by atoms with Crippen LogP contribution in [-0.2, 0) is 0 Å². The van der Waals surface area contributed by atoms with Gasteiger partial charge in [0.05, 0.1) is 30.5 Å². The van der Waals surface area contributed by atoms with Crippen LogP contribution >= 0.6 is 0 Å². The number of hydrogen-bond acceptors (Lipinski definition) is 4. The Morgan fingerprint density at radius 2 is 1.89 bits per heavy atom. The van der Waals surface area contributed by atoms with E-state index < -0.39 is 0 Å². The number of hydrogen-bond donors (Lipinski definition) is 1. The van der Waals surface area contributed by atoms with Crippen molar-refractivity contribution in [2.75, 3.05) is 18.6 Å². The first-order chi connectivity index (χ1) is 13.4. The predicted octanol–water partition coefficient (Wildman–Crippen LogP) is 4.54. The maximum absolute atomic E-state index is 13.1. The summed E-state index contributed by atoms with van der Waals surface area (Å²) in [6, 6.07) is 11.7. The van der Waals surface area contributed by atoms with Crippen LogP contribution in [0.2, 0.25) is 0 Å². The van der Waals surface area contributed by atoms with E-state index in [0.29, 0.717) is 12.2 Å². The molecule has 0 bridgehead atoms. The summed E-state index contributed by atoms with van der Waals surface area (Å²) < 4.78 is 11.3. The van der Waals surface area contributed by atoms with Gasteiger partial charge < -0.3 is 19.7 Å². The number of allylic oxidation sites excluding steroid dienone is 1. The summed E-state index contributed by atoms with van der Waals surface area (Å²) in [6.45, 7) is 8.93. The van der Waals surface area contributed by atoms with Gasteiger partial charge in [-0.25, -0.2) is 0 Å². The Hall–Kier alpha value is -2.95. The van der Waals surface area contributed by atoms with E-state index in [-0.39, 0.29) is 17.6 Å². The molecule has 0 radical (unpaired) electrons. The molecule has 28 heavy (non-hydrogen) atoms. The number of methoxy groups -OCH3 is 1. The van der Waals surface area contributed by atoms with Crippen molar-refractivity contribution in [3.8, 4) is 11.5 Å². The lowest BCUT2D eigenvalue weighted by Gasteiger charge is -2.51. The lowest BCUT2D eigenvalue weighted by molar-refractivity contribution is 0.0920. The maximum atomic E-state index is 13.1. The number of ether oxygens (including phenoxy) is 2. The van der Waals surface area contributed by atoms with E-state index in [9.17, 15) is 4.79 Å². The molecule has 0 saturated heterocycles. The number of para-hydroxylation sites is 1. The van der Waals surface area contributed by atoms with E-state index in [4.69, 9.17) is 9.47 Å². The molecule has 2 aliphatic heterocycles. The largest absolute Gasteiger partial charge is 0.496 e. The number of benzene rings is 2. The first-order valence-electron chi connectivity index (χ1n) is 9.61. The van der Waals surface area contributed by atoms with Crippen LogP contribution in [0.3, 0.4) is 0 Å². The van der Waals surface area contributed by atoms with Crippen LogP contribution in [0, 0.1) is 0 Å². The summed E-state index contributed by atoms with van der Waals surface area (Å²) in [6.07, 6.45) is 1.92. The lowest BCUT2D eigenvalue weighted by Crippen LogP contribution is -2.56. The number of amides is 1. The van der Waals surface area contributed by atoms with Crippen LogP contribution in [-0.4, -0.2) is 25.2 Å². The second kappa shape index (κ2) is 6.59. The van der Waals surface area contributed by atoms with Gasteiger partial charge in [-0.1, -0.05) is 24.3 Å². The highest BCUT2D eigenvalue weighted by molar-refractivity contribution is 6.06. The molecule has 2 aromatic rings. The van der Waals surface area contributed by atoms with Crippen molar-refractivity contribution >= 4 is 17.2 Å².